The number of aryl methyl sites for hydroxylation is 1. The molecule has 1 aromatic heterocycles. The zero-order valence-corrected chi connectivity index (χ0v) is 15.8. The van der Waals surface area contributed by atoms with Crippen LogP contribution in [0.2, 0.25) is 0 Å². The van der Waals surface area contributed by atoms with Crippen LogP contribution in [0.1, 0.15) is 52.1 Å². The number of carbonyl (C=O) groups is 1. The molecule has 0 aliphatic carbocycles. The summed E-state index contributed by atoms with van der Waals surface area (Å²) in [6.45, 7) is 10.3. The average Bonchev–Trinajstić information content (AvgIpc) is 2.49. The minimum atomic E-state index is -0.170. The Labute approximate surface area is 149 Å². The molecule has 0 radical (unpaired) electrons. The van der Waals surface area contributed by atoms with Crippen LogP contribution in [-0.2, 0) is 4.79 Å². The van der Waals surface area contributed by atoms with E-state index in [2.05, 4.69) is 42.1 Å². The number of hydrogen-bond donors (Lipinski definition) is 2. The fourth-order valence-corrected chi connectivity index (χ4v) is 3.28. The molecule has 0 aromatic carbocycles. The number of nitrogens with one attached hydrogen (secondary N) is 2. The highest BCUT2D eigenvalue weighted by Gasteiger charge is 2.33. The number of rotatable bonds is 7. The molecule has 1 aliphatic rings. The Morgan fingerprint density at radius 1 is 1.44 bits per heavy atom. The lowest BCUT2D eigenvalue weighted by Gasteiger charge is -2.40. The monoisotopic (exact) mass is 346 g/mol. The van der Waals surface area contributed by atoms with Crippen molar-refractivity contribution in [3.8, 4) is 0 Å². The SMILES string of the molecule is CC(C)=CCC[C@@]1(C)CCC(=O)N(CCNc2nc(C)cc(=O)[nH]2)C1. The van der Waals surface area contributed by atoms with E-state index in [1.807, 2.05) is 4.90 Å². The Bertz CT molecular complexity index is 691. The summed E-state index contributed by atoms with van der Waals surface area (Å²) in [4.78, 5) is 32.5. The van der Waals surface area contributed by atoms with Crippen LogP contribution in [0.4, 0.5) is 5.95 Å². The standard InChI is InChI=1S/C19H30N4O2/c1-14(2)6-5-8-19(4)9-7-17(25)23(13-19)11-10-20-18-21-15(3)12-16(24)22-18/h6,12H,5,7-11,13H2,1-4H3,(H2,20,21,22,24)/t19-/m0/s1. The smallest absolute Gasteiger partial charge is 0.252 e. The summed E-state index contributed by atoms with van der Waals surface area (Å²) in [5, 5.41) is 3.11. The molecule has 0 spiro atoms. The van der Waals surface area contributed by atoms with Gasteiger partial charge >= 0.3 is 0 Å². The van der Waals surface area contributed by atoms with Gasteiger partial charge in [0.1, 0.15) is 0 Å². The molecule has 138 valence electrons. The number of aromatic amines is 1. The van der Waals surface area contributed by atoms with Crippen molar-refractivity contribution in [2.75, 3.05) is 25.0 Å². The normalized spacial score (nSPS) is 20.5. The summed E-state index contributed by atoms with van der Waals surface area (Å²) < 4.78 is 0. The molecule has 1 atom stereocenters. The third-order valence-corrected chi connectivity index (χ3v) is 4.71. The predicted octanol–water partition coefficient (Wildman–Crippen LogP) is 2.87. The van der Waals surface area contributed by atoms with Crippen LogP contribution in [0, 0.1) is 12.3 Å². The number of nitrogens with zero attached hydrogens (tertiary/aromatic N) is 2. The molecule has 1 aromatic rings. The number of likely N-dealkylation sites (tertiary alicyclic amines) is 1. The van der Waals surface area contributed by atoms with Gasteiger partial charge in [-0.15, -0.1) is 0 Å². The third kappa shape index (κ3) is 6.03. The number of carbonyl (C=O) groups excluding carboxylic acids is 1. The Morgan fingerprint density at radius 2 is 2.20 bits per heavy atom. The fourth-order valence-electron chi connectivity index (χ4n) is 3.28. The maximum absolute atomic E-state index is 12.2. The summed E-state index contributed by atoms with van der Waals surface area (Å²) in [5.74, 6) is 0.674. The molecule has 2 rings (SSSR count). The second-order valence-electron chi connectivity index (χ2n) is 7.61. The molecule has 1 amide bonds. The molecule has 6 heteroatoms. The van der Waals surface area contributed by atoms with Crippen molar-refractivity contribution in [3.63, 3.8) is 0 Å². The van der Waals surface area contributed by atoms with Gasteiger partial charge in [-0.3, -0.25) is 14.6 Å². The van der Waals surface area contributed by atoms with E-state index >= 15 is 0 Å². The number of allylic oxidation sites excluding steroid dienone is 2. The van der Waals surface area contributed by atoms with Crippen LogP contribution in [0.5, 0.6) is 0 Å². The lowest BCUT2D eigenvalue weighted by molar-refractivity contribution is -0.137. The molecule has 2 heterocycles. The van der Waals surface area contributed by atoms with Crippen molar-refractivity contribution in [3.05, 3.63) is 33.8 Å². The number of H-pyrrole nitrogens is 1. The highest BCUT2D eigenvalue weighted by molar-refractivity contribution is 5.77. The quantitative estimate of drug-likeness (QED) is 0.744. The minimum absolute atomic E-state index is 0.170. The van der Waals surface area contributed by atoms with Crippen LogP contribution < -0.4 is 10.9 Å². The van der Waals surface area contributed by atoms with Crippen molar-refractivity contribution >= 4 is 11.9 Å². The summed E-state index contributed by atoms with van der Waals surface area (Å²) >= 11 is 0. The molecule has 1 aliphatic heterocycles. The molecule has 0 unspecified atom stereocenters. The molecular weight excluding hydrogens is 316 g/mol. The maximum Gasteiger partial charge on any atom is 0.252 e. The Hall–Kier alpha value is -2.11. The molecule has 0 bridgehead atoms. The van der Waals surface area contributed by atoms with E-state index in [0.717, 1.165) is 25.8 Å². The average molecular weight is 346 g/mol. The van der Waals surface area contributed by atoms with Gasteiger partial charge in [0.2, 0.25) is 11.9 Å². The number of anilines is 1. The summed E-state index contributed by atoms with van der Waals surface area (Å²) in [6.07, 6.45) is 6.01. The highest BCUT2D eigenvalue weighted by atomic mass is 16.2. The molecule has 6 nitrogen and oxygen atoms in total. The van der Waals surface area contributed by atoms with Gasteiger partial charge in [0.15, 0.2) is 0 Å². The van der Waals surface area contributed by atoms with Crippen molar-refractivity contribution in [1.82, 2.24) is 14.9 Å². The number of amides is 1. The van der Waals surface area contributed by atoms with Crippen molar-refractivity contribution in [2.45, 2.75) is 53.4 Å². The van der Waals surface area contributed by atoms with E-state index in [0.29, 0.717) is 31.2 Å². The van der Waals surface area contributed by atoms with E-state index < -0.39 is 0 Å². The van der Waals surface area contributed by atoms with E-state index in [9.17, 15) is 9.59 Å². The van der Waals surface area contributed by atoms with E-state index in [1.165, 1.54) is 11.6 Å². The van der Waals surface area contributed by atoms with Crippen LogP contribution in [-0.4, -0.2) is 40.4 Å². The van der Waals surface area contributed by atoms with Crippen LogP contribution in [0.15, 0.2) is 22.5 Å². The van der Waals surface area contributed by atoms with Crippen molar-refractivity contribution in [1.29, 1.82) is 0 Å². The first-order valence-electron chi connectivity index (χ1n) is 9.00. The van der Waals surface area contributed by atoms with Gasteiger partial charge in [0, 0.05) is 37.8 Å². The second kappa shape index (κ2) is 8.32. The lowest BCUT2D eigenvalue weighted by Crippen LogP contribution is -2.46. The minimum Gasteiger partial charge on any atom is -0.354 e. The summed E-state index contributed by atoms with van der Waals surface area (Å²) in [7, 11) is 0. The van der Waals surface area contributed by atoms with Crippen molar-refractivity contribution in [2.24, 2.45) is 5.41 Å². The summed E-state index contributed by atoms with van der Waals surface area (Å²) in [5.41, 5.74) is 2.02. The molecule has 25 heavy (non-hydrogen) atoms. The fraction of sp³-hybridized carbons (Fsp3) is 0.632. The number of aromatic nitrogens is 2. The van der Waals surface area contributed by atoms with Gasteiger partial charge in [0.05, 0.1) is 0 Å². The number of hydrogen-bond acceptors (Lipinski definition) is 4. The van der Waals surface area contributed by atoms with Gasteiger partial charge in [0.25, 0.3) is 5.56 Å². The second-order valence-corrected chi connectivity index (χ2v) is 7.61. The Morgan fingerprint density at radius 3 is 2.88 bits per heavy atom. The van der Waals surface area contributed by atoms with Crippen LogP contribution >= 0.6 is 0 Å². The van der Waals surface area contributed by atoms with Crippen LogP contribution in [0.25, 0.3) is 0 Å². The van der Waals surface area contributed by atoms with Gasteiger partial charge < -0.3 is 10.2 Å². The Balaban J connectivity index is 1.88. The van der Waals surface area contributed by atoms with Gasteiger partial charge in [-0.25, -0.2) is 4.98 Å². The molecule has 0 saturated carbocycles. The molecular formula is C19H30N4O2. The van der Waals surface area contributed by atoms with Gasteiger partial charge in [-0.1, -0.05) is 18.6 Å². The molecule has 2 N–H and O–H groups in total. The summed E-state index contributed by atoms with van der Waals surface area (Å²) in [6, 6.07) is 1.46. The third-order valence-electron chi connectivity index (χ3n) is 4.71. The van der Waals surface area contributed by atoms with E-state index in [1.54, 1.807) is 6.92 Å². The maximum atomic E-state index is 12.2. The predicted molar refractivity (Wildman–Crippen MR) is 101 cm³/mol. The lowest BCUT2D eigenvalue weighted by atomic mass is 9.77. The largest absolute Gasteiger partial charge is 0.354 e. The highest BCUT2D eigenvalue weighted by Crippen LogP contribution is 2.34. The van der Waals surface area contributed by atoms with Gasteiger partial charge in [-0.2, -0.15) is 0 Å². The first kappa shape index (κ1) is 19.2. The van der Waals surface area contributed by atoms with Crippen LogP contribution in [0.3, 0.4) is 0 Å². The first-order chi connectivity index (χ1) is 11.8. The zero-order valence-electron chi connectivity index (χ0n) is 15.8. The molecule has 1 saturated heterocycles. The molecule has 1 fully saturated rings. The van der Waals surface area contributed by atoms with Gasteiger partial charge in [-0.05, 0) is 45.4 Å². The zero-order chi connectivity index (χ0) is 18.4. The van der Waals surface area contributed by atoms with Crippen molar-refractivity contribution < 1.29 is 4.79 Å². The number of piperidine rings is 1. The topological polar surface area (TPSA) is 78.1 Å². The Kier molecular flexibility index (Phi) is 6.39. The van der Waals surface area contributed by atoms with E-state index in [-0.39, 0.29) is 16.9 Å². The van der Waals surface area contributed by atoms with E-state index in [4.69, 9.17) is 0 Å². The first-order valence-corrected chi connectivity index (χ1v) is 9.00.